The quantitative estimate of drug-likeness (QED) is 0.845. The average molecular weight is 332 g/mol. The Kier molecular flexibility index (Phi) is 3.95. The SMILES string of the molecule is Cc1oc(-c2cccs2)nc1C(=O)N1CCO[C@@H]2CCCC[C@H]21. The number of thiophene rings is 1. The molecule has 1 amide bonds. The Labute approximate surface area is 139 Å². The highest BCUT2D eigenvalue weighted by Gasteiger charge is 2.38. The highest BCUT2D eigenvalue weighted by atomic mass is 32.1. The van der Waals surface area contributed by atoms with Gasteiger partial charge in [0.25, 0.3) is 5.91 Å². The fourth-order valence-corrected chi connectivity index (χ4v) is 4.23. The summed E-state index contributed by atoms with van der Waals surface area (Å²) in [7, 11) is 0. The van der Waals surface area contributed by atoms with E-state index in [4.69, 9.17) is 9.15 Å². The molecule has 0 unspecified atom stereocenters. The van der Waals surface area contributed by atoms with E-state index in [0.717, 1.165) is 24.1 Å². The van der Waals surface area contributed by atoms with Crippen LogP contribution in [0.25, 0.3) is 10.8 Å². The number of carbonyl (C=O) groups excluding carboxylic acids is 1. The van der Waals surface area contributed by atoms with Crippen molar-refractivity contribution in [3.63, 3.8) is 0 Å². The molecule has 2 aromatic rings. The molecule has 122 valence electrons. The van der Waals surface area contributed by atoms with Crippen LogP contribution in [0.1, 0.15) is 41.9 Å². The van der Waals surface area contributed by atoms with Crippen LogP contribution in [0.4, 0.5) is 0 Å². The average Bonchev–Trinajstić information content (AvgIpc) is 3.23. The highest BCUT2D eigenvalue weighted by Crippen LogP contribution is 2.31. The Morgan fingerprint density at radius 3 is 3.09 bits per heavy atom. The minimum atomic E-state index is -0.0192. The van der Waals surface area contributed by atoms with Crippen molar-refractivity contribution in [2.24, 2.45) is 0 Å². The van der Waals surface area contributed by atoms with Crippen molar-refractivity contribution < 1.29 is 13.9 Å². The van der Waals surface area contributed by atoms with Gasteiger partial charge >= 0.3 is 0 Å². The summed E-state index contributed by atoms with van der Waals surface area (Å²) in [6.45, 7) is 3.07. The standard InChI is InChI=1S/C17H20N2O3S/c1-11-15(18-16(22-11)14-7-4-10-23-14)17(20)19-8-9-21-13-6-3-2-5-12(13)19/h4,7,10,12-13H,2-3,5-6,8-9H2,1H3/t12-,13-/m1/s1. The van der Waals surface area contributed by atoms with Crippen molar-refractivity contribution in [1.29, 1.82) is 0 Å². The molecule has 1 saturated heterocycles. The number of nitrogens with zero attached hydrogens (tertiary/aromatic N) is 2. The zero-order chi connectivity index (χ0) is 15.8. The summed E-state index contributed by atoms with van der Waals surface area (Å²) in [5, 5.41) is 1.98. The fraction of sp³-hybridized carbons (Fsp3) is 0.529. The van der Waals surface area contributed by atoms with Gasteiger partial charge in [0.2, 0.25) is 5.89 Å². The topological polar surface area (TPSA) is 55.6 Å². The van der Waals surface area contributed by atoms with Gasteiger partial charge < -0.3 is 14.1 Å². The van der Waals surface area contributed by atoms with Crippen LogP contribution in [0.15, 0.2) is 21.9 Å². The second-order valence-electron chi connectivity index (χ2n) is 6.16. The summed E-state index contributed by atoms with van der Waals surface area (Å²) < 4.78 is 11.6. The second kappa shape index (κ2) is 6.09. The number of aryl methyl sites for hydroxylation is 1. The third-order valence-corrected chi connectivity index (χ3v) is 5.58. The van der Waals surface area contributed by atoms with Crippen molar-refractivity contribution >= 4 is 17.2 Å². The van der Waals surface area contributed by atoms with E-state index >= 15 is 0 Å². The van der Waals surface area contributed by atoms with Gasteiger partial charge in [-0.15, -0.1) is 11.3 Å². The molecule has 5 nitrogen and oxygen atoms in total. The number of carbonyl (C=O) groups is 1. The van der Waals surface area contributed by atoms with E-state index in [0.29, 0.717) is 30.5 Å². The van der Waals surface area contributed by atoms with E-state index in [9.17, 15) is 4.79 Å². The third kappa shape index (κ3) is 2.70. The van der Waals surface area contributed by atoms with Gasteiger partial charge in [0.05, 0.1) is 23.6 Å². The number of hydrogen-bond acceptors (Lipinski definition) is 5. The fourth-order valence-electron chi connectivity index (χ4n) is 3.59. The molecule has 2 atom stereocenters. The third-order valence-electron chi connectivity index (χ3n) is 4.72. The zero-order valence-corrected chi connectivity index (χ0v) is 14.0. The predicted octanol–water partition coefficient (Wildman–Crippen LogP) is 3.50. The van der Waals surface area contributed by atoms with Crippen molar-refractivity contribution in [1.82, 2.24) is 9.88 Å². The minimum absolute atomic E-state index is 0.0192. The number of oxazole rings is 1. The molecule has 23 heavy (non-hydrogen) atoms. The van der Waals surface area contributed by atoms with Crippen LogP contribution in [0.5, 0.6) is 0 Å². The molecule has 2 fully saturated rings. The van der Waals surface area contributed by atoms with Crippen LogP contribution in [0.3, 0.4) is 0 Å². The first-order valence-corrected chi connectivity index (χ1v) is 9.06. The molecule has 6 heteroatoms. The van der Waals surface area contributed by atoms with E-state index in [1.54, 1.807) is 11.3 Å². The molecule has 2 aliphatic rings. The smallest absolute Gasteiger partial charge is 0.276 e. The van der Waals surface area contributed by atoms with Crippen molar-refractivity contribution in [2.75, 3.05) is 13.2 Å². The van der Waals surface area contributed by atoms with E-state index in [-0.39, 0.29) is 18.1 Å². The van der Waals surface area contributed by atoms with Gasteiger partial charge in [0, 0.05) is 6.54 Å². The Morgan fingerprint density at radius 1 is 1.39 bits per heavy atom. The van der Waals surface area contributed by atoms with Gasteiger partial charge in [0.15, 0.2) is 5.69 Å². The van der Waals surface area contributed by atoms with Gasteiger partial charge in [0.1, 0.15) is 5.76 Å². The minimum Gasteiger partial charge on any atom is -0.440 e. The summed E-state index contributed by atoms with van der Waals surface area (Å²) in [5.74, 6) is 1.11. The van der Waals surface area contributed by atoms with E-state index in [1.165, 1.54) is 6.42 Å². The highest BCUT2D eigenvalue weighted by molar-refractivity contribution is 7.13. The lowest BCUT2D eigenvalue weighted by molar-refractivity contribution is -0.0754. The van der Waals surface area contributed by atoms with E-state index in [1.807, 2.05) is 29.3 Å². The number of ether oxygens (including phenoxy) is 1. The van der Waals surface area contributed by atoms with Crippen molar-refractivity contribution in [3.05, 3.63) is 29.0 Å². The lowest BCUT2D eigenvalue weighted by Crippen LogP contribution is -2.55. The zero-order valence-electron chi connectivity index (χ0n) is 13.2. The Bertz CT molecular complexity index is 693. The Balaban J connectivity index is 1.61. The molecule has 1 aliphatic heterocycles. The van der Waals surface area contributed by atoms with Gasteiger partial charge in [-0.2, -0.15) is 0 Å². The van der Waals surface area contributed by atoms with Crippen LogP contribution >= 0.6 is 11.3 Å². The van der Waals surface area contributed by atoms with E-state index < -0.39 is 0 Å². The molecule has 1 aliphatic carbocycles. The predicted molar refractivity (Wildman–Crippen MR) is 87.6 cm³/mol. The summed E-state index contributed by atoms with van der Waals surface area (Å²) in [6, 6.07) is 4.09. The largest absolute Gasteiger partial charge is 0.440 e. The van der Waals surface area contributed by atoms with Gasteiger partial charge in [-0.1, -0.05) is 18.9 Å². The van der Waals surface area contributed by atoms with Crippen LogP contribution in [-0.2, 0) is 4.74 Å². The maximum absolute atomic E-state index is 13.0. The molecule has 4 rings (SSSR count). The number of aromatic nitrogens is 1. The summed E-state index contributed by atoms with van der Waals surface area (Å²) >= 11 is 1.56. The number of fused-ring (bicyclic) bond motifs is 1. The van der Waals surface area contributed by atoms with Crippen molar-refractivity contribution in [2.45, 2.75) is 44.8 Å². The normalized spacial score (nSPS) is 24.5. The van der Waals surface area contributed by atoms with Gasteiger partial charge in [-0.25, -0.2) is 4.98 Å². The van der Waals surface area contributed by atoms with Crippen LogP contribution < -0.4 is 0 Å². The number of amides is 1. The van der Waals surface area contributed by atoms with Crippen molar-refractivity contribution in [3.8, 4) is 10.8 Å². The number of rotatable bonds is 2. The summed E-state index contributed by atoms with van der Waals surface area (Å²) in [4.78, 5) is 20.4. The second-order valence-corrected chi connectivity index (χ2v) is 7.11. The van der Waals surface area contributed by atoms with Crippen LogP contribution in [0, 0.1) is 6.92 Å². The molecule has 3 heterocycles. The number of morpholine rings is 1. The molecule has 0 bridgehead atoms. The first kappa shape index (κ1) is 14.9. The lowest BCUT2D eigenvalue weighted by Gasteiger charge is -2.43. The lowest BCUT2D eigenvalue weighted by atomic mass is 9.90. The molecule has 0 radical (unpaired) electrons. The van der Waals surface area contributed by atoms with Gasteiger partial charge in [-0.05, 0) is 31.2 Å². The Hall–Kier alpha value is -1.66. The maximum Gasteiger partial charge on any atom is 0.276 e. The molecule has 2 aromatic heterocycles. The molecule has 0 N–H and O–H groups in total. The maximum atomic E-state index is 13.0. The summed E-state index contributed by atoms with van der Waals surface area (Å²) in [6.07, 6.45) is 4.60. The molecule has 0 aromatic carbocycles. The molecular formula is C17H20N2O3S. The number of hydrogen-bond donors (Lipinski definition) is 0. The Morgan fingerprint density at radius 2 is 2.26 bits per heavy atom. The van der Waals surface area contributed by atoms with E-state index in [2.05, 4.69) is 4.98 Å². The summed E-state index contributed by atoms with van der Waals surface area (Å²) in [5.41, 5.74) is 0.444. The van der Waals surface area contributed by atoms with Crippen LogP contribution in [0.2, 0.25) is 0 Å². The first-order chi connectivity index (χ1) is 11.2. The first-order valence-electron chi connectivity index (χ1n) is 8.18. The monoisotopic (exact) mass is 332 g/mol. The molecule has 0 spiro atoms. The molecule has 1 saturated carbocycles. The van der Waals surface area contributed by atoms with Gasteiger partial charge in [-0.3, -0.25) is 4.79 Å². The molecular weight excluding hydrogens is 312 g/mol. The van der Waals surface area contributed by atoms with Crippen LogP contribution in [-0.4, -0.2) is 41.1 Å².